The van der Waals surface area contributed by atoms with Gasteiger partial charge in [0.1, 0.15) is 11.6 Å². The van der Waals surface area contributed by atoms with Crippen LogP contribution < -0.4 is 0 Å². The molecule has 1 amide bonds. The Kier molecular flexibility index (Phi) is 5.90. The first-order chi connectivity index (χ1) is 14.0. The van der Waals surface area contributed by atoms with Crippen molar-refractivity contribution >= 4 is 5.91 Å². The van der Waals surface area contributed by atoms with E-state index in [0.29, 0.717) is 12.0 Å². The van der Waals surface area contributed by atoms with Crippen molar-refractivity contribution in [2.24, 2.45) is 0 Å². The van der Waals surface area contributed by atoms with Gasteiger partial charge in [0, 0.05) is 68.9 Å². The molecule has 0 bridgehead atoms. The number of piperidine rings is 1. The van der Waals surface area contributed by atoms with E-state index in [4.69, 9.17) is 9.97 Å². The number of carbonyl (C=O) groups excluding carboxylic acids is 1. The van der Waals surface area contributed by atoms with Crippen molar-refractivity contribution in [1.82, 2.24) is 19.8 Å². The SMILES string of the molecule is CC(=O)N1CCC(c2ncc3c(n2)CCN([C@@H](C)Cc2ccc(F)cc2)C3)CC1. The summed E-state index contributed by atoms with van der Waals surface area (Å²) < 4.78 is 13.1. The Morgan fingerprint density at radius 1 is 1.21 bits per heavy atom. The van der Waals surface area contributed by atoms with Gasteiger partial charge in [0.2, 0.25) is 5.91 Å². The molecule has 3 heterocycles. The third kappa shape index (κ3) is 4.64. The molecule has 2 aliphatic rings. The number of halogens is 1. The third-order valence-electron chi connectivity index (χ3n) is 6.36. The van der Waals surface area contributed by atoms with Crippen molar-refractivity contribution in [1.29, 1.82) is 0 Å². The highest BCUT2D eigenvalue weighted by atomic mass is 19.1. The molecular formula is C23H29FN4O. The molecule has 4 rings (SSSR count). The minimum atomic E-state index is -0.187. The summed E-state index contributed by atoms with van der Waals surface area (Å²) in [4.78, 5) is 25.5. The van der Waals surface area contributed by atoms with Gasteiger partial charge in [-0.1, -0.05) is 12.1 Å². The van der Waals surface area contributed by atoms with E-state index in [9.17, 15) is 9.18 Å². The molecule has 0 saturated carbocycles. The normalized spacial score (nSPS) is 19.1. The molecule has 1 fully saturated rings. The van der Waals surface area contributed by atoms with Crippen LogP contribution in [0.4, 0.5) is 4.39 Å². The van der Waals surface area contributed by atoms with Crippen LogP contribution in [0.15, 0.2) is 30.5 Å². The first kappa shape index (κ1) is 20.0. The van der Waals surface area contributed by atoms with E-state index in [1.165, 1.54) is 23.4 Å². The summed E-state index contributed by atoms with van der Waals surface area (Å²) in [5.41, 5.74) is 3.55. The molecule has 0 spiro atoms. The second-order valence-corrected chi connectivity index (χ2v) is 8.38. The molecule has 1 atom stereocenters. The second kappa shape index (κ2) is 8.57. The van der Waals surface area contributed by atoms with Crippen LogP contribution in [-0.4, -0.2) is 51.4 Å². The van der Waals surface area contributed by atoms with E-state index in [2.05, 4.69) is 11.8 Å². The third-order valence-corrected chi connectivity index (χ3v) is 6.36. The van der Waals surface area contributed by atoms with Crippen LogP contribution in [-0.2, 0) is 24.2 Å². The van der Waals surface area contributed by atoms with E-state index >= 15 is 0 Å². The number of carbonyl (C=O) groups is 1. The smallest absolute Gasteiger partial charge is 0.219 e. The number of benzene rings is 1. The number of fused-ring (bicyclic) bond motifs is 1. The van der Waals surface area contributed by atoms with E-state index in [0.717, 1.165) is 63.3 Å². The lowest BCUT2D eigenvalue weighted by Gasteiger charge is -2.34. The van der Waals surface area contributed by atoms with Gasteiger partial charge in [-0.25, -0.2) is 14.4 Å². The van der Waals surface area contributed by atoms with Crippen LogP contribution in [0.25, 0.3) is 0 Å². The van der Waals surface area contributed by atoms with Gasteiger partial charge < -0.3 is 4.90 Å². The average molecular weight is 397 g/mol. The molecule has 1 aromatic heterocycles. The van der Waals surface area contributed by atoms with Crippen molar-refractivity contribution < 1.29 is 9.18 Å². The zero-order chi connectivity index (χ0) is 20.4. The highest BCUT2D eigenvalue weighted by Crippen LogP contribution is 2.28. The Morgan fingerprint density at radius 3 is 2.62 bits per heavy atom. The molecule has 29 heavy (non-hydrogen) atoms. The molecule has 1 aromatic carbocycles. The summed E-state index contributed by atoms with van der Waals surface area (Å²) in [6.45, 7) is 7.31. The molecule has 0 N–H and O–H groups in total. The maximum atomic E-state index is 13.1. The zero-order valence-electron chi connectivity index (χ0n) is 17.3. The summed E-state index contributed by atoms with van der Waals surface area (Å²) in [6, 6.07) is 7.19. The summed E-state index contributed by atoms with van der Waals surface area (Å²) in [6.07, 6.45) is 5.73. The lowest BCUT2D eigenvalue weighted by Crippen LogP contribution is -2.39. The van der Waals surface area contributed by atoms with Crippen LogP contribution in [0.2, 0.25) is 0 Å². The highest BCUT2D eigenvalue weighted by molar-refractivity contribution is 5.73. The number of aromatic nitrogens is 2. The predicted octanol–water partition coefficient (Wildman–Crippen LogP) is 3.33. The molecule has 0 radical (unpaired) electrons. The zero-order valence-corrected chi connectivity index (χ0v) is 17.3. The number of amides is 1. The monoisotopic (exact) mass is 396 g/mol. The number of hydrogen-bond acceptors (Lipinski definition) is 4. The number of rotatable bonds is 4. The molecule has 0 unspecified atom stereocenters. The molecule has 154 valence electrons. The lowest BCUT2D eigenvalue weighted by atomic mass is 9.95. The fourth-order valence-corrected chi connectivity index (χ4v) is 4.47. The van der Waals surface area contributed by atoms with Crippen LogP contribution >= 0.6 is 0 Å². The molecule has 5 nitrogen and oxygen atoms in total. The van der Waals surface area contributed by atoms with Gasteiger partial charge in [0.15, 0.2) is 0 Å². The first-order valence-corrected chi connectivity index (χ1v) is 10.6. The van der Waals surface area contributed by atoms with Gasteiger partial charge in [0.05, 0.1) is 0 Å². The van der Waals surface area contributed by atoms with Crippen molar-refractivity contribution in [2.75, 3.05) is 19.6 Å². The second-order valence-electron chi connectivity index (χ2n) is 8.38. The van der Waals surface area contributed by atoms with Crippen molar-refractivity contribution in [3.63, 3.8) is 0 Å². The number of likely N-dealkylation sites (tertiary alicyclic amines) is 1. The van der Waals surface area contributed by atoms with Crippen LogP contribution in [0, 0.1) is 5.82 Å². The summed E-state index contributed by atoms with van der Waals surface area (Å²) >= 11 is 0. The summed E-state index contributed by atoms with van der Waals surface area (Å²) in [7, 11) is 0. The van der Waals surface area contributed by atoms with Crippen molar-refractivity contribution in [2.45, 2.75) is 58.0 Å². The van der Waals surface area contributed by atoms with Crippen molar-refractivity contribution in [3.05, 3.63) is 58.9 Å². The predicted molar refractivity (Wildman–Crippen MR) is 110 cm³/mol. The van der Waals surface area contributed by atoms with Gasteiger partial charge in [0.25, 0.3) is 0 Å². The highest BCUT2D eigenvalue weighted by Gasteiger charge is 2.27. The van der Waals surface area contributed by atoms with E-state index in [-0.39, 0.29) is 11.7 Å². The standard InChI is InChI=1S/C23H29FN4O/c1-16(13-18-3-5-21(24)6-4-18)28-12-9-22-20(15-28)14-25-23(26-22)19-7-10-27(11-8-19)17(2)29/h3-6,14,16,19H,7-13,15H2,1-2H3/t16-/m0/s1. The Balaban J connectivity index is 1.38. The van der Waals surface area contributed by atoms with Crippen LogP contribution in [0.5, 0.6) is 0 Å². The summed E-state index contributed by atoms with van der Waals surface area (Å²) in [5, 5.41) is 0. The lowest BCUT2D eigenvalue weighted by molar-refractivity contribution is -0.129. The molecule has 0 aliphatic carbocycles. The minimum Gasteiger partial charge on any atom is -0.343 e. The maximum absolute atomic E-state index is 13.1. The fourth-order valence-electron chi connectivity index (χ4n) is 4.47. The largest absolute Gasteiger partial charge is 0.343 e. The molecule has 2 aliphatic heterocycles. The first-order valence-electron chi connectivity index (χ1n) is 10.6. The maximum Gasteiger partial charge on any atom is 0.219 e. The van der Waals surface area contributed by atoms with E-state index in [1.807, 2.05) is 23.2 Å². The molecular weight excluding hydrogens is 367 g/mol. The topological polar surface area (TPSA) is 49.3 Å². The average Bonchev–Trinajstić information content (AvgIpc) is 2.74. The van der Waals surface area contributed by atoms with Gasteiger partial charge in [-0.05, 0) is 43.9 Å². The Hall–Kier alpha value is -2.34. The molecule has 1 saturated heterocycles. The quantitative estimate of drug-likeness (QED) is 0.795. The van der Waals surface area contributed by atoms with Crippen LogP contribution in [0.3, 0.4) is 0 Å². The fraction of sp³-hybridized carbons (Fsp3) is 0.522. The van der Waals surface area contributed by atoms with Crippen LogP contribution in [0.1, 0.15) is 55.3 Å². The van der Waals surface area contributed by atoms with Gasteiger partial charge >= 0.3 is 0 Å². The molecule has 6 heteroatoms. The van der Waals surface area contributed by atoms with Gasteiger partial charge in [-0.2, -0.15) is 0 Å². The van der Waals surface area contributed by atoms with Gasteiger partial charge in [-0.15, -0.1) is 0 Å². The molecule has 2 aromatic rings. The van der Waals surface area contributed by atoms with E-state index < -0.39 is 0 Å². The van der Waals surface area contributed by atoms with E-state index in [1.54, 1.807) is 6.92 Å². The summed E-state index contributed by atoms with van der Waals surface area (Å²) in [5.74, 6) is 1.27. The Labute approximate surface area is 172 Å². The number of hydrogen-bond donors (Lipinski definition) is 0. The Morgan fingerprint density at radius 2 is 1.93 bits per heavy atom. The van der Waals surface area contributed by atoms with Crippen molar-refractivity contribution in [3.8, 4) is 0 Å². The number of nitrogens with zero attached hydrogens (tertiary/aromatic N) is 4. The Bertz CT molecular complexity index is 862. The minimum absolute atomic E-state index is 0.157. The van der Waals surface area contributed by atoms with Gasteiger partial charge in [-0.3, -0.25) is 9.69 Å².